The van der Waals surface area contributed by atoms with Crippen molar-refractivity contribution in [3.63, 3.8) is 0 Å². The van der Waals surface area contributed by atoms with Gasteiger partial charge in [-0.3, -0.25) is 0 Å². The van der Waals surface area contributed by atoms with Crippen LogP contribution in [-0.2, 0) is 6.42 Å². The number of aryl methyl sites for hydroxylation is 1. The van der Waals surface area contributed by atoms with Crippen LogP contribution >= 0.6 is 0 Å². The Kier molecular flexibility index (Phi) is 5.19. The zero-order chi connectivity index (χ0) is 11.1. The first kappa shape index (κ1) is 12.1. The Balaban J connectivity index is 2.30. The summed E-state index contributed by atoms with van der Waals surface area (Å²) in [6.45, 7) is 4.37. The van der Waals surface area contributed by atoms with E-state index in [-0.39, 0.29) is 0 Å². The van der Waals surface area contributed by atoms with Crippen LogP contribution in [0.2, 0.25) is 0 Å². The molecule has 0 spiro atoms. The van der Waals surface area contributed by atoms with Gasteiger partial charge in [-0.25, -0.2) is 0 Å². The van der Waals surface area contributed by atoms with Gasteiger partial charge in [-0.2, -0.15) is 0 Å². The van der Waals surface area contributed by atoms with Crippen molar-refractivity contribution in [2.24, 2.45) is 0 Å². The minimum atomic E-state index is 1.05. The molecule has 0 amide bonds. The van der Waals surface area contributed by atoms with Crippen LogP contribution in [0.15, 0.2) is 24.3 Å². The summed E-state index contributed by atoms with van der Waals surface area (Å²) in [7, 11) is 4.22. The monoisotopic (exact) mass is 206 g/mol. The van der Waals surface area contributed by atoms with Crippen molar-refractivity contribution >= 4 is 5.69 Å². The van der Waals surface area contributed by atoms with Crippen molar-refractivity contribution in [2.45, 2.75) is 19.8 Å². The van der Waals surface area contributed by atoms with E-state index in [1.165, 1.54) is 17.7 Å². The molecule has 1 N–H and O–H groups in total. The Bertz CT molecular complexity index is 282. The van der Waals surface area contributed by atoms with E-state index in [0.29, 0.717) is 0 Å². The molecule has 0 bridgehead atoms. The van der Waals surface area contributed by atoms with Crippen LogP contribution in [0.5, 0.6) is 0 Å². The molecular formula is C13H22N2. The molecule has 0 saturated carbocycles. The van der Waals surface area contributed by atoms with Crippen LogP contribution < -0.4 is 5.32 Å². The van der Waals surface area contributed by atoms with E-state index in [2.05, 4.69) is 55.5 Å². The van der Waals surface area contributed by atoms with Crippen LogP contribution in [0.3, 0.4) is 0 Å². The molecule has 0 heterocycles. The van der Waals surface area contributed by atoms with Gasteiger partial charge in [0.2, 0.25) is 0 Å². The van der Waals surface area contributed by atoms with Gasteiger partial charge in [0, 0.05) is 12.2 Å². The average Bonchev–Trinajstić information content (AvgIpc) is 2.24. The van der Waals surface area contributed by atoms with Crippen LogP contribution in [0.25, 0.3) is 0 Å². The van der Waals surface area contributed by atoms with E-state index >= 15 is 0 Å². The average molecular weight is 206 g/mol. The summed E-state index contributed by atoms with van der Waals surface area (Å²) in [6.07, 6.45) is 2.29. The van der Waals surface area contributed by atoms with Crippen molar-refractivity contribution in [2.75, 3.05) is 32.5 Å². The Morgan fingerprint density at radius 1 is 1.27 bits per heavy atom. The zero-order valence-corrected chi connectivity index (χ0v) is 10.1. The molecule has 1 aromatic rings. The fourth-order valence-corrected chi connectivity index (χ4v) is 1.53. The third kappa shape index (κ3) is 4.84. The summed E-state index contributed by atoms with van der Waals surface area (Å²) >= 11 is 0. The molecule has 0 saturated heterocycles. The highest BCUT2D eigenvalue weighted by molar-refractivity contribution is 5.45. The Morgan fingerprint density at radius 3 is 2.73 bits per heavy atom. The second-order valence-electron chi connectivity index (χ2n) is 4.14. The molecule has 84 valence electrons. The summed E-state index contributed by atoms with van der Waals surface area (Å²) < 4.78 is 0. The third-order valence-corrected chi connectivity index (χ3v) is 2.45. The minimum absolute atomic E-state index is 1.05. The number of nitrogens with one attached hydrogen (secondary N) is 1. The highest BCUT2D eigenvalue weighted by Crippen LogP contribution is 2.10. The lowest BCUT2D eigenvalue weighted by atomic mass is 10.1. The molecule has 0 atom stereocenters. The van der Waals surface area contributed by atoms with Crippen LogP contribution in [-0.4, -0.2) is 32.1 Å². The molecule has 2 nitrogen and oxygen atoms in total. The molecule has 0 aliphatic heterocycles. The molecule has 0 aliphatic carbocycles. The smallest absolute Gasteiger partial charge is 0.0342 e. The summed E-state index contributed by atoms with van der Waals surface area (Å²) in [5.41, 5.74) is 2.64. The van der Waals surface area contributed by atoms with Gasteiger partial charge in [0.05, 0.1) is 0 Å². The summed E-state index contributed by atoms with van der Waals surface area (Å²) in [5, 5.41) is 3.45. The lowest BCUT2D eigenvalue weighted by molar-refractivity contribution is 0.405. The zero-order valence-electron chi connectivity index (χ0n) is 10.1. The lowest BCUT2D eigenvalue weighted by Gasteiger charge is -2.11. The standard InChI is InChI=1S/C13H22N2/c1-4-12-7-5-8-13(11-12)14-9-6-10-15(2)3/h5,7-8,11,14H,4,6,9-10H2,1-3H3. The highest BCUT2D eigenvalue weighted by atomic mass is 15.1. The van der Waals surface area contributed by atoms with Crippen LogP contribution in [0.4, 0.5) is 5.69 Å². The SMILES string of the molecule is CCc1cccc(NCCCN(C)C)c1. The summed E-state index contributed by atoms with van der Waals surface area (Å²) in [6, 6.07) is 8.66. The predicted molar refractivity (Wildman–Crippen MR) is 67.5 cm³/mol. The topological polar surface area (TPSA) is 15.3 Å². The van der Waals surface area contributed by atoms with Gasteiger partial charge in [-0.1, -0.05) is 19.1 Å². The van der Waals surface area contributed by atoms with Gasteiger partial charge in [-0.05, 0) is 51.2 Å². The Morgan fingerprint density at radius 2 is 2.07 bits per heavy atom. The van der Waals surface area contributed by atoms with Gasteiger partial charge in [0.25, 0.3) is 0 Å². The molecule has 15 heavy (non-hydrogen) atoms. The van der Waals surface area contributed by atoms with Gasteiger partial charge in [0.1, 0.15) is 0 Å². The van der Waals surface area contributed by atoms with Crippen molar-refractivity contribution in [1.82, 2.24) is 4.90 Å². The maximum Gasteiger partial charge on any atom is 0.0342 e. The third-order valence-electron chi connectivity index (χ3n) is 2.45. The molecule has 0 aromatic heterocycles. The molecule has 0 aliphatic rings. The fraction of sp³-hybridized carbons (Fsp3) is 0.538. The molecular weight excluding hydrogens is 184 g/mol. The van der Waals surface area contributed by atoms with E-state index in [9.17, 15) is 0 Å². The van der Waals surface area contributed by atoms with Gasteiger partial charge in [0.15, 0.2) is 0 Å². The quantitative estimate of drug-likeness (QED) is 0.720. The van der Waals surface area contributed by atoms with Gasteiger partial charge >= 0.3 is 0 Å². The van der Waals surface area contributed by atoms with Gasteiger partial charge in [-0.15, -0.1) is 0 Å². The maximum atomic E-state index is 3.45. The van der Waals surface area contributed by atoms with E-state index in [1.54, 1.807) is 0 Å². The second-order valence-corrected chi connectivity index (χ2v) is 4.14. The number of hydrogen-bond acceptors (Lipinski definition) is 2. The summed E-state index contributed by atoms with van der Waals surface area (Å²) in [4.78, 5) is 2.21. The minimum Gasteiger partial charge on any atom is -0.385 e. The van der Waals surface area contributed by atoms with Crippen molar-refractivity contribution in [3.05, 3.63) is 29.8 Å². The number of anilines is 1. The largest absolute Gasteiger partial charge is 0.385 e. The predicted octanol–water partition coefficient (Wildman–Crippen LogP) is 2.61. The molecule has 0 fully saturated rings. The second kappa shape index (κ2) is 6.46. The van der Waals surface area contributed by atoms with E-state index in [4.69, 9.17) is 0 Å². The Hall–Kier alpha value is -1.02. The van der Waals surface area contributed by atoms with E-state index in [0.717, 1.165) is 19.5 Å². The van der Waals surface area contributed by atoms with E-state index in [1.807, 2.05) is 0 Å². The molecule has 2 heteroatoms. The Labute approximate surface area is 93.3 Å². The molecule has 1 aromatic carbocycles. The first-order valence-electron chi connectivity index (χ1n) is 5.70. The van der Waals surface area contributed by atoms with E-state index < -0.39 is 0 Å². The first-order valence-corrected chi connectivity index (χ1v) is 5.70. The van der Waals surface area contributed by atoms with Crippen molar-refractivity contribution in [3.8, 4) is 0 Å². The van der Waals surface area contributed by atoms with Crippen LogP contribution in [0.1, 0.15) is 18.9 Å². The number of rotatable bonds is 6. The molecule has 0 radical (unpaired) electrons. The van der Waals surface area contributed by atoms with Crippen LogP contribution in [0, 0.1) is 0 Å². The van der Waals surface area contributed by atoms with Gasteiger partial charge < -0.3 is 10.2 Å². The summed E-state index contributed by atoms with van der Waals surface area (Å²) in [5.74, 6) is 0. The lowest BCUT2D eigenvalue weighted by Crippen LogP contribution is -2.16. The number of benzene rings is 1. The first-order chi connectivity index (χ1) is 7.22. The highest BCUT2D eigenvalue weighted by Gasteiger charge is 1.94. The maximum absolute atomic E-state index is 3.45. The van der Waals surface area contributed by atoms with Crippen molar-refractivity contribution < 1.29 is 0 Å². The number of nitrogens with zero attached hydrogens (tertiary/aromatic N) is 1. The van der Waals surface area contributed by atoms with Crippen molar-refractivity contribution in [1.29, 1.82) is 0 Å². The molecule has 0 unspecified atom stereocenters. The molecule has 1 rings (SSSR count). The number of hydrogen-bond donors (Lipinski definition) is 1. The normalized spacial score (nSPS) is 10.7. The fourth-order valence-electron chi connectivity index (χ4n) is 1.53.